The number of rotatable bonds is 8. The predicted molar refractivity (Wildman–Crippen MR) is 121 cm³/mol. The number of nitrogens with zero attached hydrogens (tertiary/aromatic N) is 3. The highest BCUT2D eigenvalue weighted by atomic mass is 32.1. The highest BCUT2D eigenvalue weighted by molar-refractivity contribution is 7.10. The zero-order chi connectivity index (χ0) is 21.8. The number of benzene rings is 1. The molecular weight excluding hydrogens is 412 g/mol. The summed E-state index contributed by atoms with van der Waals surface area (Å²) in [6, 6.07) is 13.2. The average Bonchev–Trinajstić information content (AvgIpc) is 3.49. The lowest BCUT2D eigenvalue weighted by molar-refractivity contribution is -0.122. The smallest absolute Gasteiger partial charge is 0.231 e. The van der Waals surface area contributed by atoms with Gasteiger partial charge in [0.05, 0.1) is 12.0 Å². The molecule has 1 saturated heterocycles. The van der Waals surface area contributed by atoms with E-state index in [9.17, 15) is 9.59 Å². The first-order valence-corrected chi connectivity index (χ1v) is 11.2. The van der Waals surface area contributed by atoms with Gasteiger partial charge in [0.25, 0.3) is 0 Å². The number of thiophene rings is 1. The normalized spacial score (nSPS) is 18.5. The minimum absolute atomic E-state index is 0.0486. The van der Waals surface area contributed by atoms with Crippen LogP contribution in [0.5, 0.6) is 0 Å². The number of carbonyl (C=O) groups is 2. The maximum absolute atomic E-state index is 13.2. The first-order chi connectivity index (χ1) is 15.1. The van der Waals surface area contributed by atoms with Crippen molar-refractivity contribution in [2.24, 2.45) is 5.92 Å². The van der Waals surface area contributed by atoms with Gasteiger partial charge in [-0.3, -0.25) is 14.3 Å². The van der Waals surface area contributed by atoms with Gasteiger partial charge in [-0.05, 0) is 36.9 Å². The van der Waals surface area contributed by atoms with E-state index in [-0.39, 0.29) is 24.3 Å². The first-order valence-electron chi connectivity index (χ1n) is 10.3. The zero-order valence-corrected chi connectivity index (χ0v) is 18.5. The van der Waals surface area contributed by atoms with Crippen LogP contribution >= 0.6 is 11.3 Å². The highest BCUT2D eigenvalue weighted by Gasteiger charge is 2.45. The minimum atomic E-state index is -0.494. The van der Waals surface area contributed by atoms with Gasteiger partial charge in [0.1, 0.15) is 0 Å². The molecule has 7 nitrogen and oxygen atoms in total. The molecule has 1 fully saturated rings. The van der Waals surface area contributed by atoms with Crippen LogP contribution in [0.25, 0.3) is 0 Å². The molecule has 2 unspecified atom stereocenters. The summed E-state index contributed by atoms with van der Waals surface area (Å²) < 4.78 is 6.85. The van der Waals surface area contributed by atoms with Gasteiger partial charge in [0.2, 0.25) is 11.8 Å². The van der Waals surface area contributed by atoms with Crippen LogP contribution in [-0.4, -0.2) is 35.3 Å². The lowest BCUT2D eigenvalue weighted by atomic mass is 9.97. The van der Waals surface area contributed by atoms with E-state index in [1.165, 1.54) is 0 Å². The molecule has 1 aromatic carbocycles. The van der Waals surface area contributed by atoms with Crippen LogP contribution in [-0.2, 0) is 20.9 Å². The van der Waals surface area contributed by atoms with E-state index in [2.05, 4.69) is 10.4 Å². The third-order valence-electron chi connectivity index (χ3n) is 5.43. The fourth-order valence-corrected chi connectivity index (χ4v) is 4.79. The Kier molecular flexibility index (Phi) is 6.48. The van der Waals surface area contributed by atoms with Crippen molar-refractivity contribution in [3.05, 3.63) is 64.5 Å². The van der Waals surface area contributed by atoms with Gasteiger partial charge in [0, 0.05) is 49.5 Å². The van der Waals surface area contributed by atoms with Gasteiger partial charge in [-0.1, -0.05) is 23.8 Å². The number of nitrogens with one attached hydrogen (secondary N) is 1. The monoisotopic (exact) mass is 438 g/mol. The lowest BCUT2D eigenvalue weighted by Crippen LogP contribution is -2.32. The Morgan fingerprint density at radius 2 is 2.06 bits per heavy atom. The van der Waals surface area contributed by atoms with Crippen LogP contribution in [0.3, 0.4) is 0 Å². The van der Waals surface area contributed by atoms with Crippen LogP contribution in [0.4, 0.5) is 11.5 Å². The summed E-state index contributed by atoms with van der Waals surface area (Å²) in [5, 5.41) is 9.31. The van der Waals surface area contributed by atoms with E-state index < -0.39 is 5.92 Å². The number of hydrogen-bond acceptors (Lipinski definition) is 5. The lowest BCUT2D eigenvalue weighted by Gasteiger charge is -2.27. The summed E-state index contributed by atoms with van der Waals surface area (Å²) >= 11 is 1.56. The Hall–Kier alpha value is -2.97. The van der Waals surface area contributed by atoms with Gasteiger partial charge >= 0.3 is 0 Å². The molecule has 0 radical (unpaired) electrons. The molecule has 1 aliphatic heterocycles. The molecule has 2 amide bonds. The molecule has 3 aromatic rings. The van der Waals surface area contributed by atoms with Gasteiger partial charge in [-0.2, -0.15) is 5.10 Å². The SMILES string of the molecule is COCCCn1ccc(NC(=O)C2CC(=O)N(c3ccc(C)cc3)C2c2cccs2)n1. The molecule has 2 aromatic heterocycles. The maximum Gasteiger partial charge on any atom is 0.231 e. The molecule has 3 heterocycles. The second-order valence-electron chi connectivity index (χ2n) is 7.67. The Morgan fingerprint density at radius 3 is 2.77 bits per heavy atom. The number of methoxy groups -OCH3 is 1. The Balaban J connectivity index is 1.54. The predicted octanol–water partition coefficient (Wildman–Crippen LogP) is 4.02. The third-order valence-corrected chi connectivity index (χ3v) is 6.38. The maximum atomic E-state index is 13.2. The summed E-state index contributed by atoms with van der Waals surface area (Å²) in [6.45, 7) is 3.38. The van der Waals surface area contributed by atoms with Crippen LogP contribution < -0.4 is 10.2 Å². The number of ether oxygens (including phenoxy) is 1. The zero-order valence-electron chi connectivity index (χ0n) is 17.7. The molecule has 1 aliphatic rings. The van der Waals surface area contributed by atoms with Crippen LogP contribution in [0.1, 0.15) is 29.3 Å². The molecule has 0 aliphatic carbocycles. The third kappa shape index (κ3) is 4.70. The molecule has 4 rings (SSSR count). The van der Waals surface area contributed by atoms with E-state index in [4.69, 9.17) is 4.74 Å². The molecule has 0 spiro atoms. The Bertz CT molecular complexity index is 1030. The van der Waals surface area contributed by atoms with Gasteiger partial charge in [0.15, 0.2) is 5.82 Å². The molecule has 0 bridgehead atoms. The van der Waals surface area contributed by atoms with Crippen molar-refractivity contribution in [1.82, 2.24) is 9.78 Å². The van der Waals surface area contributed by atoms with Crippen LogP contribution in [0.2, 0.25) is 0 Å². The van der Waals surface area contributed by atoms with Gasteiger partial charge in [-0.15, -0.1) is 11.3 Å². The largest absolute Gasteiger partial charge is 0.385 e. The summed E-state index contributed by atoms with van der Waals surface area (Å²) in [5.41, 5.74) is 1.94. The molecular formula is C23H26N4O3S. The number of amides is 2. The van der Waals surface area contributed by atoms with Gasteiger partial charge < -0.3 is 15.0 Å². The van der Waals surface area contributed by atoms with Crippen molar-refractivity contribution in [3.63, 3.8) is 0 Å². The summed E-state index contributed by atoms with van der Waals surface area (Å²) in [7, 11) is 1.67. The molecule has 2 atom stereocenters. The van der Waals surface area contributed by atoms with Crippen LogP contribution in [0.15, 0.2) is 54.0 Å². The van der Waals surface area contributed by atoms with Crippen molar-refractivity contribution in [2.75, 3.05) is 23.9 Å². The first kappa shape index (κ1) is 21.3. The second-order valence-corrected chi connectivity index (χ2v) is 8.65. The highest BCUT2D eigenvalue weighted by Crippen LogP contribution is 2.43. The standard InChI is InChI=1S/C23H26N4O3S/c1-16-6-8-17(9-7-16)27-21(28)15-18(22(27)19-5-3-14-31-19)23(29)24-20-10-12-26(25-20)11-4-13-30-2/h3,5-10,12,14,18,22H,4,11,13,15H2,1-2H3,(H,24,25,29). The van der Waals surface area contributed by atoms with E-state index >= 15 is 0 Å². The Morgan fingerprint density at radius 1 is 1.26 bits per heavy atom. The molecule has 0 saturated carbocycles. The number of hydrogen-bond donors (Lipinski definition) is 1. The average molecular weight is 439 g/mol. The Labute approximate surface area is 185 Å². The molecule has 162 valence electrons. The quantitative estimate of drug-likeness (QED) is 0.539. The molecule has 31 heavy (non-hydrogen) atoms. The number of anilines is 2. The second kappa shape index (κ2) is 9.45. The summed E-state index contributed by atoms with van der Waals surface area (Å²) in [5.74, 6) is -0.240. The van der Waals surface area contributed by atoms with E-state index in [1.807, 2.05) is 54.9 Å². The van der Waals surface area contributed by atoms with Crippen molar-refractivity contribution in [2.45, 2.75) is 32.4 Å². The molecule has 8 heteroatoms. The number of aromatic nitrogens is 2. The van der Waals surface area contributed by atoms with Crippen molar-refractivity contribution in [3.8, 4) is 0 Å². The topological polar surface area (TPSA) is 76.5 Å². The fourth-order valence-electron chi connectivity index (χ4n) is 3.91. The molecule has 1 N–H and O–H groups in total. The van der Waals surface area contributed by atoms with Gasteiger partial charge in [-0.25, -0.2) is 0 Å². The van der Waals surface area contributed by atoms with Crippen molar-refractivity contribution >= 4 is 34.7 Å². The fraction of sp³-hybridized carbons (Fsp3) is 0.348. The van der Waals surface area contributed by atoms with Crippen molar-refractivity contribution in [1.29, 1.82) is 0 Å². The number of carbonyl (C=O) groups excluding carboxylic acids is 2. The summed E-state index contributed by atoms with van der Waals surface area (Å²) in [4.78, 5) is 29.0. The van der Waals surface area contributed by atoms with Crippen molar-refractivity contribution < 1.29 is 14.3 Å². The van der Waals surface area contributed by atoms with E-state index in [0.717, 1.165) is 22.5 Å². The van der Waals surface area contributed by atoms with E-state index in [0.29, 0.717) is 19.0 Å². The van der Waals surface area contributed by atoms with Crippen LogP contribution in [0, 0.1) is 12.8 Å². The minimum Gasteiger partial charge on any atom is -0.385 e. The summed E-state index contributed by atoms with van der Waals surface area (Å²) in [6.07, 6.45) is 2.84. The number of aryl methyl sites for hydroxylation is 2. The van der Waals surface area contributed by atoms with E-state index in [1.54, 1.807) is 34.1 Å².